The third-order valence-corrected chi connectivity index (χ3v) is 4.81. The van der Waals surface area contributed by atoms with Crippen molar-refractivity contribution in [2.45, 2.75) is 31.8 Å². The molecule has 0 atom stereocenters. The highest BCUT2D eigenvalue weighted by Gasteiger charge is 2.21. The highest BCUT2D eigenvalue weighted by molar-refractivity contribution is 5.88. The van der Waals surface area contributed by atoms with Gasteiger partial charge in [-0.25, -0.2) is 0 Å². The number of hydrogen-bond acceptors (Lipinski definition) is 6. The van der Waals surface area contributed by atoms with E-state index in [0.29, 0.717) is 24.0 Å². The van der Waals surface area contributed by atoms with Gasteiger partial charge in [-0.05, 0) is 49.1 Å². The summed E-state index contributed by atoms with van der Waals surface area (Å²) < 4.78 is 23.0. The summed E-state index contributed by atoms with van der Waals surface area (Å²) in [6, 6.07) is 5.79. The van der Waals surface area contributed by atoms with Crippen molar-refractivity contribution in [3.05, 3.63) is 18.2 Å². The maximum Gasteiger partial charge on any atom is 0.265 e. The van der Waals surface area contributed by atoms with Crippen molar-refractivity contribution in [2.24, 2.45) is 5.92 Å². The minimum Gasteiger partial charge on any atom is -0.489 e. The fourth-order valence-electron chi connectivity index (χ4n) is 3.35. The van der Waals surface area contributed by atoms with E-state index in [4.69, 9.17) is 18.7 Å². The lowest BCUT2D eigenvalue weighted by Gasteiger charge is -2.24. The summed E-state index contributed by atoms with van der Waals surface area (Å²) in [5.41, 5.74) is 0.708. The molecule has 0 saturated carbocycles. The van der Waals surface area contributed by atoms with Crippen LogP contribution in [0.25, 0.3) is 11.0 Å². The lowest BCUT2D eigenvalue weighted by molar-refractivity contribution is 0.0261. The predicted molar refractivity (Wildman–Crippen MR) is 89.6 cm³/mol. The molecule has 130 valence electrons. The molecular weight excluding hydrogens is 308 g/mol. The number of benzene rings is 1. The molecule has 1 aromatic heterocycles. The second-order valence-electron chi connectivity index (χ2n) is 6.55. The topological polar surface area (TPSA) is 65.8 Å². The highest BCUT2D eigenvalue weighted by atomic mass is 16.5. The van der Waals surface area contributed by atoms with Crippen molar-refractivity contribution in [3.63, 3.8) is 0 Å². The van der Waals surface area contributed by atoms with Gasteiger partial charge in [0.1, 0.15) is 17.2 Å². The Balaban J connectivity index is 1.50. The molecule has 3 heterocycles. The van der Waals surface area contributed by atoms with Crippen LogP contribution in [0.2, 0.25) is 0 Å². The Kier molecular flexibility index (Phi) is 4.85. The van der Waals surface area contributed by atoms with Crippen LogP contribution in [0.5, 0.6) is 11.6 Å². The molecule has 0 bridgehead atoms. The van der Waals surface area contributed by atoms with Crippen LogP contribution in [0.4, 0.5) is 0 Å². The second kappa shape index (κ2) is 7.40. The van der Waals surface area contributed by atoms with E-state index in [2.05, 4.69) is 10.5 Å². The van der Waals surface area contributed by atoms with Crippen molar-refractivity contribution in [2.75, 3.05) is 32.9 Å². The molecule has 1 aromatic carbocycles. The molecule has 0 aliphatic carbocycles. The minimum atomic E-state index is 0.177. The first-order chi connectivity index (χ1) is 11.9. The minimum absolute atomic E-state index is 0.177. The third kappa shape index (κ3) is 3.49. The second-order valence-corrected chi connectivity index (χ2v) is 6.55. The molecule has 0 amide bonds. The van der Waals surface area contributed by atoms with E-state index < -0.39 is 0 Å². The SMILES string of the molecule is c1cc(OC2CCOCC2)c2c(OCC3CCNCC3)noc2c1. The maximum absolute atomic E-state index is 6.19. The molecule has 0 spiro atoms. The van der Waals surface area contributed by atoms with E-state index in [0.717, 1.165) is 63.1 Å². The fourth-order valence-corrected chi connectivity index (χ4v) is 3.35. The van der Waals surface area contributed by atoms with Crippen molar-refractivity contribution in [1.29, 1.82) is 0 Å². The van der Waals surface area contributed by atoms with E-state index in [-0.39, 0.29) is 6.10 Å². The summed E-state index contributed by atoms with van der Waals surface area (Å²) in [6.45, 7) is 4.30. The van der Waals surface area contributed by atoms with Crippen LogP contribution in [0.3, 0.4) is 0 Å². The van der Waals surface area contributed by atoms with Crippen LogP contribution in [0.1, 0.15) is 25.7 Å². The van der Waals surface area contributed by atoms with E-state index in [9.17, 15) is 0 Å². The van der Waals surface area contributed by atoms with Gasteiger partial charge in [0.05, 0.1) is 19.8 Å². The Morgan fingerprint density at radius 2 is 1.96 bits per heavy atom. The first kappa shape index (κ1) is 15.7. The van der Waals surface area contributed by atoms with Crippen molar-refractivity contribution in [3.8, 4) is 11.6 Å². The average Bonchev–Trinajstić information content (AvgIpc) is 3.06. The molecule has 2 aliphatic heterocycles. The summed E-state index contributed by atoms with van der Waals surface area (Å²) in [4.78, 5) is 0. The summed E-state index contributed by atoms with van der Waals surface area (Å²) >= 11 is 0. The maximum atomic E-state index is 6.19. The molecule has 2 aromatic rings. The average molecular weight is 332 g/mol. The fraction of sp³-hybridized carbons (Fsp3) is 0.611. The molecule has 1 N–H and O–H groups in total. The van der Waals surface area contributed by atoms with Gasteiger partial charge in [0.2, 0.25) is 0 Å². The monoisotopic (exact) mass is 332 g/mol. The van der Waals surface area contributed by atoms with Gasteiger partial charge < -0.3 is 24.1 Å². The summed E-state index contributed by atoms with van der Waals surface area (Å²) in [6.07, 6.45) is 4.28. The third-order valence-electron chi connectivity index (χ3n) is 4.81. The zero-order valence-corrected chi connectivity index (χ0v) is 13.8. The van der Waals surface area contributed by atoms with Crippen LogP contribution < -0.4 is 14.8 Å². The number of hydrogen-bond donors (Lipinski definition) is 1. The van der Waals surface area contributed by atoms with E-state index in [1.54, 1.807) is 0 Å². The first-order valence-corrected chi connectivity index (χ1v) is 8.86. The number of aromatic nitrogens is 1. The molecule has 4 rings (SSSR count). The Labute approximate surface area is 141 Å². The van der Waals surface area contributed by atoms with E-state index in [1.807, 2.05) is 18.2 Å². The van der Waals surface area contributed by atoms with Crippen LogP contribution in [-0.4, -0.2) is 44.2 Å². The quantitative estimate of drug-likeness (QED) is 0.908. The smallest absolute Gasteiger partial charge is 0.265 e. The zero-order chi connectivity index (χ0) is 16.2. The first-order valence-electron chi connectivity index (χ1n) is 8.86. The van der Waals surface area contributed by atoms with Crippen LogP contribution in [0.15, 0.2) is 22.7 Å². The van der Waals surface area contributed by atoms with Gasteiger partial charge in [0.25, 0.3) is 5.88 Å². The van der Waals surface area contributed by atoms with Gasteiger partial charge in [-0.2, -0.15) is 0 Å². The Hall–Kier alpha value is -1.79. The number of nitrogens with one attached hydrogen (secondary N) is 1. The number of ether oxygens (including phenoxy) is 3. The van der Waals surface area contributed by atoms with Gasteiger partial charge in [-0.15, -0.1) is 0 Å². The van der Waals surface area contributed by atoms with Gasteiger partial charge in [0.15, 0.2) is 5.58 Å². The predicted octanol–water partition coefficient (Wildman–Crippen LogP) is 2.76. The molecular formula is C18H24N2O4. The van der Waals surface area contributed by atoms with E-state index in [1.165, 1.54) is 0 Å². The number of fused-ring (bicyclic) bond motifs is 1. The molecule has 2 aliphatic rings. The lowest BCUT2D eigenvalue weighted by atomic mass is 9.99. The number of nitrogens with zero attached hydrogens (tertiary/aromatic N) is 1. The van der Waals surface area contributed by atoms with Gasteiger partial charge >= 0.3 is 0 Å². The molecule has 2 saturated heterocycles. The molecule has 2 fully saturated rings. The lowest BCUT2D eigenvalue weighted by Crippen LogP contribution is -2.30. The molecule has 24 heavy (non-hydrogen) atoms. The Morgan fingerprint density at radius 1 is 1.12 bits per heavy atom. The zero-order valence-electron chi connectivity index (χ0n) is 13.8. The van der Waals surface area contributed by atoms with Gasteiger partial charge in [0, 0.05) is 12.8 Å². The normalized spacial score (nSPS) is 20.3. The van der Waals surface area contributed by atoms with Crippen molar-refractivity contribution < 1.29 is 18.7 Å². The van der Waals surface area contributed by atoms with Crippen molar-refractivity contribution in [1.82, 2.24) is 10.5 Å². The molecule has 0 radical (unpaired) electrons. The number of piperidine rings is 1. The summed E-state index contributed by atoms with van der Waals surface area (Å²) in [7, 11) is 0. The molecule has 0 unspecified atom stereocenters. The van der Waals surface area contributed by atoms with E-state index >= 15 is 0 Å². The Morgan fingerprint density at radius 3 is 2.79 bits per heavy atom. The van der Waals surface area contributed by atoms with Crippen LogP contribution >= 0.6 is 0 Å². The highest BCUT2D eigenvalue weighted by Crippen LogP contribution is 2.35. The molecule has 6 nitrogen and oxygen atoms in total. The number of rotatable bonds is 5. The van der Waals surface area contributed by atoms with Crippen LogP contribution in [0, 0.1) is 5.92 Å². The van der Waals surface area contributed by atoms with Gasteiger partial charge in [-0.1, -0.05) is 6.07 Å². The summed E-state index contributed by atoms with van der Waals surface area (Å²) in [5.74, 6) is 1.91. The van der Waals surface area contributed by atoms with Gasteiger partial charge in [-0.3, -0.25) is 0 Å². The molecule has 6 heteroatoms. The van der Waals surface area contributed by atoms with Crippen LogP contribution in [-0.2, 0) is 4.74 Å². The largest absolute Gasteiger partial charge is 0.489 e. The van der Waals surface area contributed by atoms with Crippen molar-refractivity contribution >= 4 is 11.0 Å². The summed E-state index contributed by atoms with van der Waals surface area (Å²) in [5, 5.41) is 8.33. The standard InChI is InChI=1S/C18H24N2O4/c1-2-15(23-14-6-10-21-11-7-14)17-16(3-1)24-20-18(17)22-12-13-4-8-19-9-5-13/h1-3,13-14,19H,4-12H2. The Bertz CT molecular complexity index is 660.